The molecule has 0 N–H and O–H groups in total. The summed E-state index contributed by atoms with van der Waals surface area (Å²) < 4.78 is 5.57. The summed E-state index contributed by atoms with van der Waals surface area (Å²) in [6, 6.07) is 6.58. The normalized spacial score (nSPS) is 15.1. The fourth-order valence-corrected chi connectivity index (χ4v) is 1.60. The van der Waals surface area contributed by atoms with E-state index in [4.69, 9.17) is 4.74 Å². The van der Waals surface area contributed by atoms with E-state index in [0.717, 1.165) is 18.8 Å². The third-order valence-electron chi connectivity index (χ3n) is 2.39. The predicted octanol–water partition coefficient (Wildman–Crippen LogP) is 2.57. The van der Waals surface area contributed by atoms with Crippen molar-refractivity contribution in [3.63, 3.8) is 0 Å². The molecule has 0 aliphatic carbocycles. The Morgan fingerprint density at radius 2 is 2.33 bits per heavy atom. The summed E-state index contributed by atoms with van der Waals surface area (Å²) in [5.41, 5.74) is 2.74. The highest BCUT2D eigenvalue weighted by Gasteiger charge is 2.09. The Bertz CT molecular complexity index is 278. The maximum absolute atomic E-state index is 5.57. The minimum Gasteiger partial charge on any atom is -0.493 e. The van der Waals surface area contributed by atoms with Gasteiger partial charge in [0.25, 0.3) is 0 Å². The van der Waals surface area contributed by atoms with Gasteiger partial charge in [-0.15, -0.1) is 0 Å². The fourth-order valence-electron chi connectivity index (χ4n) is 1.60. The van der Waals surface area contributed by atoms with Gasteiger partial charge in [0.2, 0.25) is 0 Å². The van der Waals surface area contributed by atoms with Crippen LogP contribution < -0.4 is 4.74 Å². The first-order chi connectivity index (χ1) is 5.90. The molecule has 2 rings (SSSR count). The number of hydrogen-bond acceptors (Lipinski definition) is 1. The Labute approximate surface area is 73.4 Å². The largest absolute Gasteiger partial charge is 0.493 e. The highest BCUT2D eigenvalue weighted by atomic mass is 16.5. The van der Waals surface area contributed by atoms with Gasteiger partial charge in [-0.25, -0.2) is 0 Å². The van der Waals surface area contributed by atoms with Crippen LogP contribution in [0, 0.1) is 0 Å². The Hall–Kier alpha value is -0.980. The molecule has 1 heteroatoms. The second-order valence-electron chi connectivity index (χ2n) is 3.25. The average Bonchev–Trinajstić information content (AvgIpc) is 2.17. The van der Waals surface area contributed by atoms with E-state index >= 15 is 0 Å². The first-order valence-electron chi connectivity index (χ1n) is 4.65. The van der Waals surface area contributed by atoms with E-state index in [1.807, 2.05) is 0 Å². The van der Waals surface area contributed by atoms with Crippen molar-refractivity contribution in [3.05, 3.63) is 29.3 Å². The maximum atomic E-state index is 5.57. The van der Waals surface area contributed by atoms with Crippen LogP contribution in [0.4, 0.5) is 0 Å². The van der Waals surface area contributed by atoms with Gasteiger partial charge in [-0.3, -0.25) is 0 Å². The minimum absolute atomic E-state index is 0.889. The van der Waals surface area contributed by atoms with Gasteiger partial charge in [-0.1, -0.05) is 19.1 Å². The molecule has 0 bridgehead atoms. The lowest BCUT2D eigenvalue weighted by atomic mass is 10.0. The number of ether oxygens (including phenoxy) is 1. The molecule has 0 unspecified atom stereocenters. The Morgan fingerprint density at radius 1 is 1.42 bits per heavy atom. The topological polar surface area (TPSA) is 9.23 Å². The molecule has 1 aliphatic rings. The minimum atomic E-state index is 0.889. The van der Waals surface area contributed by atoms with Crippen LogP contribution in [0.2, 0.25) is 0 Å². The van der Waals surface area contributed by atoms with Crippen molar-refractivity contribution in [1.29, 1.82) is 0 Å². The highest BCUT2D eigenvalue weighted by molar-refractivity contribution is 5.38. The molecule has 1 nitrogen and oxygen atoms in total. The van der Waals surface area contributed by atoms with Crippen molar-refractivity contribution < 1.29 is 4.74 Å². The average molecular weight is 162 g/mol. The summed E-state index contributed by atoms with van der Waals surface area (Å²) in [7, 11) is 0. The molecule has 1 aromatic carbocycles. The molecule has 12 heavy (non-hydrogen) atoms. The molecular formula is C11H14O. The summed E-state index contributed by atoms with van der Waals surface area (Å²) in [6.45, 7) is 3.06. The molecule has 0 aromatic heterocycles. The third-order valence-corrected chi connectivity index (χ3v) is 2.39. The van der Waals surface area contributed by atoms with Gasteiger partial charge in [0, 0.05) is 0 Å². The van der Waals surface area contributed by atoms with Crippen molar-refractivity contribution in [2.45, 2.75) is 26.2 Å². The molecule has 64 valence electrons. The van der Waals surface area contributed by atoms with Gasteiger partial charge in [0.1, 0.15) is 5.75 Å². The van der Waals surface area contributed by atoms with E-state index in [0.29, 0.717) is 0 Å². The summed E-state index contributed by atoms with van der Waals surface area (Å²) in [5.74, 6) is 1.11. The molecular weight excluding hydrogens is 148 g/mol. The number of fused-ring (bicyclic) bond motifs is 1. The number of hydrogen-bond donors (Lipinski definition) is 0. The SMILES string of the molecule is CCc1ccc2c(c1)OCCC2. The van der Waals surface area contributed by atoms with Crippen LogP contribution in [-0.4, -0.2) is 6.61 Å². The predicted molar refractivity (Wildman–Crippen MR) is 49.6 cm³/mol. The smallest absolute Gasteiger partial charge is 0.122 e. The van der Waals surface area contributed by atoms with Gasteiger partial charge in [-0.2, -0.15) is 0 Å². The van der Waals surface area contributed by atoms with Crippen molar-refractivity contribution in [2.75, 3.05) is 6.61 Å². The first kappa shape index (κ1) is 7.66. The molecule has 0 atom stereocenters. The van der Waals surface area contributed by atoms with E-state index in [9.17, 15) is 0 Å². The van der Waals surface area contributed by atoms with Crippen LogP contribution in [0.1, 0.15) is 24.5 Å². The lowest BCUT2D eigenvalue weighted by molar-refractivity contribution is 0.288. The van der Waals surface area contributed by atoms with Crippen molar-refractivity contribution in [3.8, 4) is 5.75 Å². The van der Waals surface area contributed by atoms with Crippen LogP contribution in [0.15, 0.2) is 18.2 Å². The number of aryl methyl sites for hydroxylation is 2. The molecule has 0 radical (unpaired) electrons. The summed E-state index contributed by atoms with van der Waals surface area (Å²) in [5, 5.41) is 0. The Balaban J connectivity index is 2.36. The zero-order valence-corrected chi connectivity index (χ0v) is 7.47. The van der Waals surface area contributed by atoms with E-state index in [1.165, 1.54) is 24.0 Å². The third kappa shape index (κ3) is 1.31. The molecule has 1 aliphatic heterocycles. The van der Waals surface area contributed by atoms with Gasteiger partial charge in [0.05, 0.1) is 6.61 Å². The number of benzene rings is 1. The molecule has 0 saturated heterocycles. The maximum Gasteiger partial charge on any atom is 0.122 e. The molecule has 0 saturated carbocycles. The lowest BCUT2D eigenvalue weighted by Crippen LogP contribution is -2.08. The monoisotopic (exact) mass is 162 g/mol. The molecule has 0 amide bonds. The van der Waals surface area contributed by atoms with Crippen LogP contribution >= 0.6 is 0 Å². The quantitative estimate of drug-likeness (QED) is 0.616. The molecule has 0 spiro atoms. The van der Waals surface area contributed by atoms with E-state index in [1.54, 1.807) is 0 Å². The van der Waals surface area contributed by atoms with E-state index in [2.05, 4.69) is 25.1 Å². The first-order valence-corrected chi connectivity index (χ1v) is 4.65. The highest BCUT2D eigenvalue weighted by Crippen LogP contribution is 2.25. The standard InChI is InChI=1S/C11H14O/c1-2-9-5-6-10-4-3-7-12-11(10)8-9/h5-6,8H,2-4,7H2,1H3. The molecule has 1 aromatic rings. The summed E-state index contributed by atoms with van der Waals surface area (Å²) >= 11 is 0. The molecule has 0 fully saturated rings. The van der Waals surface area contributed by atoms with Crippen LogP contribution in [0.5, 0.6) is 5.75 Å². The molecule has 1 heterocycles. The second-order valence-corrected chi connectivity index (χ2v) is 3.25. The summed E-state index contributed by atoms with van der Waals surface area (Å²) in [4.78, 5) is 0. The number of rotatable bonds is 1. The second kappa shape index (κ2) is 3.18. The van der Waals surface area contributed by atoms with Crippen LogP contribution in [-0.2, 0) is 12.8 Å². The summed E-state index contributed by atoms with van der Waals surface area (Å²) in [6.07, 6.45) is 3.44. The van der Waals surface area contributed by atoms with E-state index in [-0.39, 0.29) is 0 Å². The van der Waals surface area contributed by atoms with E-state index < -0.39 is 0 Å². The van der Waals surface area contributed by atoms with Crippen molar-refractivity contribution in [1.82, 2.24) is 0 Å². The van der Waals surface area contributed by atoms with Crippen LogP contribution in [0.3, 0.4) is 0 Å². The van der Waals surface area contributed by atoms with Gasteiger partial charge < -0.3 is 4.74 Å². The zero-order valence-electron chi connectivity index (χ0n) is 7.47. The Kier molecular flexibility index (Phi) is 2.03. The lowest BCUT2D eigenvalue weighted by Gasteiger charge is -2.17. The zero-order chi connectivity index (χ0) is 8.39. The van der Waals surface area contributed by atoms with Gasteiger partial charge in [-0.05, 0) is 36.5 Å². The van der Waals surface area contributed by atoms with Gasteiger partial charge in [0.15, 0.2) is 0 Å². The van der Waals surface area contributed by atoms with Crippen molar-refractivity contribution >= 4 is 0 Å². The van der Waals surface area contributed by atoms with Gasteiger partial charge >= 0.3 is 0 Å². The van der Waals surface area contributed by atoms with Crippen LogP contribution in [0.25, 0.3) is 0 Å². The fraction of sp³-hybridized carbons (Fsp3) is 0.455. The Morgan fingerprint density at radius 3 is 3.17 bits per heavy atom. The van der Waals surface area contributed by atoms with Crippen molar-refractivity contribution in [2.24, 2.45) is 0 Å².